The normalized spacial score (nSPS) is 14.1. The summed E-state index contributed by atoms with van der Waals surface area (Å²) in [7, 11) is 0. The molecule has 0 radical (unpaired) electrons. The monoisotopic (exact) mass is 357 g/mol. The van der Waals surface area contributed by atoms with Crippen molar-refractivity contribution in [2.75, 3.05) is 13.1 Å². The van der Waals surface area contributed by atoms with Crippen LogP contribution in [0.5, 0.6) is 0 Å². The number of likely N-dealkylation sites (tertiary alicyclic amines) is 1. The zero-order valence-electron chi connectivity index (χ0n) is 14.8. The number of carbonyl (C=O) groups excluding carboxylic acids is 1. The van der Waals surface area contributed by atoms with Crippen LogP contribution in [0.15, 0.2) is 67.3 Å². The van der Waals surface area contributed by atoms with E-state index in [1.54, 1.807) is 16.9 Å². The number of hydrogen-bond donors (Lipinski definition) is 0. The van der Waals surface area contributed by atoms with Gasteiger partial charge < -0.3 is 9.30 Å². The van der Waals surface area contributed by atoms with Crippen LogP contribution < -0.4 is 0 Å². The molecule has 1 aliphatic rings. The fourth-order valence-electron chi connectivity index (χ4n) is 3.63. The van der Waals surface area contributed by atoms with Crippen LogP contribution in [0.1, 0.15) is 23.3 Å². The van der Waals surface area contributed by atoms with Crippen LogP contribution in [-0.2, 0) is 0 Å². The van der Waals surface area contributed by atoms with Crippen molar-refractivity contribution in [3.63, 3.8) is 0 Å². The molecule has 27 heavy (non-hydrogen) atoms. The number of aromatic nitrogens is 4. The van der Waals surface area contributed by atoms with Crippen LogP contribution in [0.3, 0.4) is 0 Å². The Balaban J connectivity index is 1.52. The van der Waals surface area contributed by atoms with Gasteiger partial charge in [0.1, 0.15) is 5.82 Å². The lowest BCUT2D eigenvalue weighted by Crippen LogP contribution is -2.28. The molecule has 0 atom stereocenters. The maximum atomic E-state index is 12.6. The molecule has 1 fully saturated rings. The summed E-state index contributed by atoms with van der Waals surface area (Å²) in [5.74, 6) is 0.916. The van der Waals surface area contributed by atoms with Gasteiger partial charge in [0.25, 0.3) is 5.91 Å². The van der Waals surface area contributed by atoms with Crippen molar-refractivity contribution in [2.24, 2.45) is 0 Å². The van der Waals surface area contributed by atoms with Crippen LogP contribution in [0, 0.1) is 0 Å². The number of hydrogen-bond acceptors (Lipinski definition) is 3. The van der Waals surface area contributed by atoms with E-state index in [-0.39, 0.29) is 5.91 Å². The third-order valence-electron chi connectivity index (χ3n) is 5.06. The Morgan fingerprint density at radius 3 is 2.63 bits per heavy atom. The fraction of sp³-hybridized carbons (Fsp3) is 0.190. The number of pyridine rings is 2. The Kier molecular flexibility index (Phi) is 3.74. The Morgan fingerprint density at radius 1 is 0.963 bits per heavy atom. The van der Waals surface area contributed by atoms with E-state index < -0.39 is 0 Å². The lowest BCUT2D eigenvalue weighted by atomic mass is 10.1. The number of carbonyl (C=O) groups is 1. The molecule has 134 valence electrons. The van der Waals surface area contributed by atoms with Crippen molar-refractivity contribution < 1.29 is 4.79 Å². The molecule has 1 saturated heterocycles. The molecule has 1 amide bonds. The van der Waals surface area contributed by atoms with Crippen molar-refractivity contribution >= 4 is 11.4 Å². The van der Waals surface area contributed by atoms with Gasteiger partial charge in [-0.2, -0.15) is 5.10 Å². The molecule has 0 aliphatic carbocycles. The summed E-state index contributed by atoms with van der Waals surface area (Å²) in [6.45, 7) is 1.66. The highest BCUT2D eigenvalue weighted by Gasteiger charge is 2.21. The van der Waals surface area contributed by atoms with E-state index >= 15 is 0 Å². The van der Waals surface area contributed by atoms with E-state index in [0.29, 0.717) is 5.69 Å². The summed E-state index contributed by atoms with van der Waals surface area (Å²) >= 11 is 0. The molecule has 5 rings (SSSR count). The fourth-order valence-corrected chi connectivity index (χ4v) is 3.63. The van der Waals surface area contributed by atoms with Crippen LogP contribution in [0.4, 0.5) is 0 Å². The third-order valence-corrected chi connectivity index (χ3v) is 5.06. The first-order chi connectivity index (χ1) is 13.3. The highest BCUT2D eigenvalue weighted by molar-refractivity contribution is 5.92. The molecule has 4 aromatic rings. The number of fused-ring (bicyclic) bond motifs is 1. The Hall–Kier alpha value is -3.41. The second-order valence-corrected chi connectivity index (χ2v) is 6.79. The molecule has 0 spiro atoms. The average Bonchev–Trinajstić information content (AvgIpc) is 3.47. The second-order valence-electron chi connectivity index (χ2n) is 6.79. The van der Waals surface area contributed by atoms with Crippen molar-refractivity contribution in [3.8, 4) is 16.9 Å². The van der Waals surface area contributed by atoms with Crippen molar-refractivity contribution in [1.82, 2.24) is 24.1 Å². The summed E-state index contributed by atoms with van der Waals surface area (Å²) in [4.78, 5) is 18.6. The van der Waals surface area contributed by atoms with Gasteiger partial charge in [-0.1, -0.05) is 12.1 Å². The van der Waals surface area contributed by atoms with E-state index in [1.165, 1.54) is 0 Å². The molecule has 0 aromatic carbocycles. The largest absolute Gasteiger partial charge is 0.337 e. The van der Waals surface area contributed by atoms with Gasteiger partial charge in [0, 0.05) is 49.0 Å². The molecule has 5 heterocycles. The number of rotatable bonds is 3. The number of nitrogens with zero attached hydrogens (tertiary/aromatic N) is 5. The molecule has 4 aromatic heterocycles. The standard InChI is InChI=1S/C21H19N5O/c27-21(24-11-1-2-12-24)19-9-13-26(23-19)20-8-7-18-6-5-17(15-25(18)20)16-4-3-10-22-14-16/h3-10,13-15H,1-2,11-12H2. The summed E-state index contributed by atoms with van der Waals surface area (Å²) in [6.07, 6.45) is 9.70. The Morgan fingerprint density at radius 2 is 1.81 bits per heavy atom. The molecule has 0 saturated carbocycles. The van der Waals surface area contributed by atoms with Gasteiger partial charge in [-0.25, -0.2) is 4.68 Å². The second kappa shape index (κ2) is 6.39. The molecule has 0 N–H and O–H groups in total. The topological polar surface area (TPSA) is 55.4 Å². The molecule has 0 bridgehead atoms. The van der Waals surface area contributed by atoms with Gasteiger partial charge in [0.05, 0.1) is 0 Å². The smallest absolute Gasteiger partial charge is 0.274 e. The molecule has 6 nitrogen and oxygen atoms in total. The summed E-state index contributed by atoms with van der Waals surface area (Å²) in [6, 6.07) is 14.0. The van der Waals surface area contributed by atoms with Crippen molar-refractivity contribution in [1.29, 1.82) is 0 Å². The SMILES string of the molecule is O=C(c1ccn(-c2ccc3ccc(-c4cccnc4)cn23)n1)N1CCCC1. The molecule has 0 unspecified atom stereocenters. The number of amides is 1. The summed E-state index contributed by atoms with van der Waals surface area (Å²) in [5, 5.41) is 4.54. The highest BCUT2D eigenvalue weighted by Crippen LogP contribution is 2.22. The zero-order chi connectivity index (χ0) is 18.2. The minimum absolute atomic E-state index is 0.0168. The van der Waals surface area contributed by atoms with Crippen molar-refractivity contribution in [3.05, 3.63) is 72.9 Å². The van der Waals surface area contributed by atoms with Gasteiger partial charge in [-0.15, -0.1) is 0 Å². The maximum Gasteiger partial charge on any atom is 0.274 e. The third kappa shape index (κ3) is 2.79. The van der Waals surface area contributed by atoms with Gasteiger partial charge >= 0.3 is 0 Å². The van der Waals surface area contributed by atoms with E-state index in [1.807, 2.05) is 41.6 Å². The van der Waals surface area contributed by atoms with Gasteiger partial charge in [-0.05, 0) is 48.7 Å². The first kappa shape index (κ1) is 15.8. The first-order valence-corrected chi connectivity index (χ1v) is 9.16. The van der Waals surface area contributed by atoms with Gasteiger partial charge in [-0.3, -0.25) is 9.78 Å². The van der Waals surface area contributed by atoms with E-state index in [2.05, 4.69) is 32.8 Å². The molecular formula is C21H19N5O. The van der Waals surface area contributed by atoms with Crippen LogP contribution in [0.2, 0.25) is 0 Å². The van der Waals surface area contributed by atoms with E-state index in [4.69, 9.17) is 0 Å². The maximum absolute atomic E-state index is 12.6. The molecular weight excluding hydrogens is 338 g/mol. The summed E-state index contributed by atoms with van der Waals surface area (Å²) in [5.41, 5.74) is 3.70. The molecule has 1 aliphatic heterocycles. The highest BCUT2D eigenvalue weighted by atomic mass is 16.2. The van der Waals surface area contributed by atoms with Crippen LogP contribution in [-0.4, -0.2) is 43.1 Å². The predicted octanol–water partition coefficient (Wildman–Crippen LogP) is 3.42. The zero-order valence-corrected chi connectivity index (χ0v) is 14.8. The Bertz CT molecular complexity index is 1110. The van der Waals surface area contributed by atoms with E-state index in [9.17, 15) is 4.79 Å². The van der Waals surface area contributed by atoms with Crippen LogP contribution >= 0.6 is 0 Å². The van der Waals surface area contributed by atoms with E-state index in [0.717, 1.165) is 48.4 Å². The minimum Gasteiger partial charge on any atom is -0.337 e. The van der Waals surface area contributed by atoms with Crippen molar-refractivity contribution in [2.45, 2.75) is 12.8 Å². The average molecular weight is 357 g/mol. The van der Waals surface area contributed by atoms with Crippen LogP contribution in [0.25, 0.3) is 22.5 Å². The predicted molar refractivity (Wildman–Crippen MR) is 103 cm³/mol. The Labute approximate surface area is 156 Å². The molecule has 6 heteroatoms. The minimum atomic E-state index is 0.0168. The quantitative estimate of drug-likeness (QED) is 0.564. The lowest BCUT2D eigenvalue weighted by molar-refractivity contribution is 0.0786. The first-order valence-electron chi connectivity index (χ1n) is 9.16. The van der Waals surface area contributed by atoms with Gasteiger partial charge in [0.15, 0.2) is 5.69 Å². The summed E-state index contributed by atoms with van der Waals surface area (Å²) < 4.78 is 3.85. The van der Waals surface area contributed by atoms with Gasteiger partial charge in [0.2, 0.25) is 0 Å². The lowest BCUT2D eigenvalue weighted by Gasteiger charge is -2.12.